The van der Waals surface area contributed by atoms with Gasteiger partial charge >= 0.3 is 0 Å². The van der Waals surface area contributed by atoms with Gasteiger partial charge in [0, 0.05) is 12.5 Å². The van der Waals surface area contributed by atoms with E-state index in [1.165, 1.54) is 49.0 Å². The summed E-state index contributed by atoms with van der Waals surface area (Å²) in [6, 6.07) is 16.9. The molecule has 3 nitrogen and oxygen atoms in total. The van der Waals surface area contributed by atoms with E-state index in [1.807, 2.05) is 12.1 Å². The van der Waals surface area contributed by atoms with Crippen molar-refractivity contribution in [3.05, 3.63) is 72.6 Å². The molecule has 1 aromatic heterocycles. The number of imidazole rings is 1. The predicted molar refractivity (Wildman–Crippen MR) is 121 cm³/mol. The first-order valence-corrected chi connectivity index (χ1v) is 11.1. The average molecular weight is 389 g/mol. The van der Waals surface area contributed by atoms with Gasteiger partial charge in [0.2, 0.25) is 0 Å². The topological polar surface area (TPSA) is 27.1 Å². The van der Waals surface area contributed by atoms with Gasteiger partial charge in [-0.3, -0.25) is 0 Å². The van der Waals surface area contributed by atoms with Crippen LogP contribution in [0.1, 0.15) is 62.3 Å². The number of aromatic nitrogens is 2. The van der Waals surface area contributed by atoms with Gasteiger partial charge in [0.1, 0.15) is 11.6 Å². The smallest absolute Gasteiger partial charge is 0.122 e. The molecule has 0 radical (unpaired) electrons. The lowest BCUT2D eigenvalue weighted by atomic mass is 9.88. The van der Waals surface area contributed by atoms with Crippen LogP contribution in [0.3, 0.4) is 0 Å². The maximum absolute atomic E-state index is 6.07. The SMILES string of the molecule is C=CCc1ccccc1OCCCCn1c(C2CCCCC2)nc2ccccc21. The summed E-state index contributed by atoms with van der Waals surface area (Å²) >= 11 is 0. The number of benzene rings is 2. The lowest BCUT2D eigenvalue weighted by Crippen LogP contribution is -2.13. The van der Waals surface area contributed by atoms with Gasteiger partial charge < -0.3 is 9.30 Å². The number of fused-ring (bicyclic) bond motifs is 1. The second kappa shape index (κ2) is 9.78. The second-order valence-corrected chi connectivity index (χ2v) is 8.10. The van der Waals surface area contributed by atoms with Gasteiger partial charge in [0.25, 0.3) is 0 Å². The Labute approximate surface area is 174 Å². The van der Waals surface area contributed by atoms with Crippen molar-refractivity contribution < 1.29 is 4.74 Å². The standard InChI is InChI=1S/C26H32N2O/c1-2-12-21-13-6-9-18-25(21)29-20-11-10-19-28-24-17-8-7-16-23(24)27-26(28)22-14-4-3-5-15-22/h2,6-9,13,16-18,22H,1,3-5,10-12,14-15,19-20H2. The Bertz CT molecular complexity index is 937. The van der Waals surface area contributed by atoms with Crippen molar-refractivity contribution in [1.29, 1.82) is 0 Å². The highest BCUT2D eigenvalue weighted by Gasteiger charge is 2.22. The van der Waals surface area contributed by atoms with Crippen molar-refractivity contribution in [1.82, 2.24) is 9.55 Å². The van der Waals surface area contributed by atoms with Crippen LogP contribution in [-0.2, 0) is 13.0 Å². The fourth-order valence-corrected chi connectivity index (χ4v) is 4.52. The molecule has 0 spiro atoms. The molecule has 0 bridgehead atoms. The number of ether oxygens (including phenoxy) is 1. The minimum atomic E-state index is 0.623. The van der Waals surface area contributed by atoms with E-state index in [0.717, 1.165) is 43.7 Å². The third kappa shape index (κ3) is 4.72. The number of para-hydroxylation sites is 3. The fourth-order valence-electron chi connectivity index (χ4n) is 4.52. The van der Waals surface area contributed by atoms with Crippen LogP contribution >= 0.6 is 0 Å². The highest BCUT2D eigenvalue weighted by Crippen LogP contribution is 2.34. The van der Waals surface area contributed by atoms with Crippen LogP contribution in [0.25, 0.3) is 11.0 Å². The van der Waals surface area contributed by atoms with Crippen LogP contribution in [0, 0.1) is 0 Å². The van der Waals surface area contributed by atoms with Gasteiger partial charge in [0.05, 0.1) is 17.6 Å². The normalized spacial score (nSPS) is 14.9. The number of unbranched alkanes of at least 4 members (excludes halogenated alkanes) is 1. The first kappa shape index (κ1) is 19.8. The fraction of sp³-hybridized carbons (Fsp3) is 0.423. The maximum Gasteiger partial charge on any atom is 0.122 e. The third-order valence-electron chi connectivity index (χ3n) is 6.02. The number of rotatable bonds is 9. The Morgan fingerprint density at radius 2 is 1.79 bits per heavy atom. The number of hydrogen-bond donors (Lipinski definition) is 0. The molecule has 152 valence electrons. The zero-order valence-electron chi connectivity index (χ0n) is 17.4. The average Bonchev–Trinajstić information content (AvgIpc) is 3.14. The predicted octanol–water partition coefficient (Wildman–Crippen LogP) is 6.67. The molecule has 0 N–H and O–H groups in total. The van der Waals surface area contributed by atoms with E-state index in [4.69, 9.17) is 9.72 Å². The molecule has 3 heteroatoms. The van der Waals surface area contributed by atoms with E-state index >= 15 is 0 Å². The molecule has 1 heterocycles. The van der Waals surface area contributed by atoms with Crippen molar-refractivity contribution in [2.24, 2.45) is 0 Å². The minimum absolute atomic E-state index is 0.623. The lowest BCUT2D eigenvalue weighted by Gasteiger charge is -2.22. The summed E-state index contributed by atoms with van der Waals surface area (Å²) in [5, 5.41) is 0. The monoisotopic (exact) mass is 388 g/mol. The van der Waals surface area contributed by atoms with E-state index in [-0.39, 0.29) is 0 Å². The molecule has 0 aliphatic heterocycles. The van der Waals surface area contributed by atoms with Gasteiger partial charge in [-0.1, -0.05) is 55.7 Å². The number of nitrogens with zero attached hydrogens (tertiary/aromatic N) is 2. The van der Waals surface area contributed by atoms with Crippen LogP contribution < -0.4 is 4.74 Å². The summed E-state index contributed by atoms with van der Waals surface area (Å²) in [5.41, 5.74) is 3.63. The summed E-state index contributed by atoms with van der Waals surface area (Å²) in [6.07, 6.45) is 11.5. The Hall–Kier alpha value is -2.55. The molecule has 1 saturated carbocycles. The van der Waals surface area contributed by atoms with Crippen LogP contribution in [0.2, 0.25) is 0 Å². The summed E-state index contributed by atoms with van der Waals surface area (Å²) in [5.74, 6) is 2.92. The third-order valence-corrected chi connectivity index (χ3v) is 6.02. The van der Waals surface area contributed by atoms with E-state index in [1.54, 1.807) is 0 Å². The molecule has 1 aliphatic carbocycles. The summed E-state index contributed by atoms with van der Waals surface area (Å²) < 4.78 is 8.55. The van der Waals surface area contributed by atoms with Gasteiger partial charge in [-0.25, -0.2) is 4.98 Å². The van der Waals surface area contributed by atoms with Gasteiger partial charge in [0.15, 0.2) is 0 Å². The number of hydrogen-bond acceptors (Lipinski definition) is 2. The summed E-state index contributed by atoms with van der Waals surface area (Å²) in [4.78, 5) is 5.04. The van der Waals surface area contributed by atoms with E-state index in [0.29, 0.717) is 5.92 Å². The van der Waals surface area contributed by atoms with Crippen molar-refractivity contribution in [2.75, 3.05) is 6.61 Å². The van der Waals surface area contributed by atoms with Crippen LogP contribution in [0.5, 0.6) is 5.75 Å². The van der Waals surface area contributed by atoms with Gasteiger partial charge in [-0.05, 0) is 55.9 Å². The molecule has 0 saturated heterocycles. The molecular weight excluding hydrogens is 356 g/mol. The molecule has 3 aromatic rings. The van der Waals surface area contributed by atoms with Gasteiger partial charge in [-0.15, -0.1) is 6.58 Å². The Morgan fingerprint density at radius 3 is 2.66 bits per heavy atom. The molecular formula is C26H32N2O. The Kier molecular flexibility index (Phi) is 6.66. The van der Waals surface area contributed by atoms with Crippen LogP contribution in [0.4, 0.5) is 0 Å². The first-order chi connectivity index (χ1) is 14.4. The first-order valence-electron chi connectivity index (χ1n) is 11.1. The van der Waals surface area contributed by atoms with Crippen molar-refractivity contribution >= 4 is 11.0 Å². The van der Waals surface area contributed by atoms with E-state index < -0.39 is 0 Å². The Morgan fingerprint density at radius 1 is 1.00 bits per heavy atom. The van der Waals surface area contributed by atoms with Crippen molar-refractivity contribution in [3.63, 3.8) is 0 Å². The van der Waals surface area contributed by atoms with Crippen LogP contribution in [-0.4, -0.2) is 16.2 Å². The second-order valence-electron chi connectivity index (χ2n) is 8.10. The van der Waals surface area contributed by atoms with Crippen molar-refractivity contribution in [3.8, 4) is 5.75 Å². The van der Waals surface area contributed by atoms with Crippen LogP contribution in [0.15, 0.2) is 61.2 Å². The molecule has 29 heavy (non-hydrogen) atoms. The zero-order valence-corrected chi connectivity index (χ0v) is 17.4. The minimum Gasteiger partial charge on any atom is -0.493 e. The molecule has 4 rings (SSSR count). The zero-order chi connectivity index (χ0) is 19.9. The van der Waals surface area contributed by atoms with E-state index in [2.05, 4.69) is 53.6 Å². The van der Waals surface area contributed by atoms with Gasteiger partial charge in [-0.2, -0.15) is 0 Å². The van der Waals surface area contributed by atoms with E-state index in [9.17, 15) is 0 Å². The molecule has 0 unspecified atom stereocenters. The largest absolute Gasteiger partial charge is 0.493 e. The summed E-state index contributed by atoms with van der Waals surface area (Å²) in [6.45, 7) is 5.61. The quantitative estimate of drug-likeness (QED) is 0.302. The molecule has 1 aliphatic rings. The number of aryl methyl sites for hydroxylation is 1. The summed E-state index contributed by atoms with van der Waals surface area (Å²) in [7, 11) is 0. The Balaban J connectivity index is 1.39. The molecule has 1 fully saturated rings. The molecule has 2 aromatic carbocycles. The number of allylic oxidation sites excluding steroid dienone is 1. The highest BCUT2D eigenvalue weighted by molar-refractivity contribution is 5.76. The molecule has 0 amide bonds. The van der Waals surface area contributed by atoms with Crippen molar-refractivity contribution in [2.45, 2.75) is 63.8 Å². The highest BCUT2D eigenvalue weighted by atomic mass is 16.5. The molecule has 0 atom stereocenters. The lowest BCUT2D eigenvalue weighted by molar-refractivity contribution is 0.300. The maximum atomic E-state index is 6.07.